The molecular weight excluding hydrogens is 465 g/mol. The lowest BCUT2D eigenvalue weighted by Gasteiger charge is -2.14. The zero-order valence-electron chi connectivity index (χ0n) is 14.1. The van der Waals surface area contributed by atoms with Gasteiger partial charge in [0.1, 0.15) is 0 Å². The molecule has 134 valence electrons. The van der Waals surface area contributed by atoms with E-state index < -0.39 is 0 Å². The molecule has 26 heavy (non-hydrogen) atoms. The van der Waals surface area contributed by atoms with Gasteiger partial charge in [-0.05, 0) is 59.3 Å². The molecule has 1 amide bonds. The van der Waals surface area contributed by atoms with Crippen LogP contribution in [0.15, 0.2) is 53.1 Å². The normalized spacial score (nSPS) is 12.0. The molecule has 0 saturated carbocycles. The van der Waals surface area contributed by atoms with Crippen molar-refractivity contribution in [1.82, 2.24) is 15.5 Å². The SMILES string of the molecule is CC(NC(=O)CCc1nc(-c2ccc(I)cc2)no1)c1ccc(Cl)cc1. The molecule has 0 spiro atoms. The number of hydrogen-bond acceptors (Lipinski definition) is 4. The molecular formula is C19H17ClIN3O2. The number of aromatic nitrogens is 2. The Morgan fingerprint density at radius 3 is 2.58 bits per heavy atom. The Morgan fingerprint density at radius 2 is 1.88 bits per heavy atom. The predicted octanol–water partition coefficient (Wildman–Crippen LogP) is 4.80. The summed E-state index contributed by atoms with van der Waals surface area (Å²) < 4.78 is 6.39. The van der Waals surface area contributed by atoms with Gasteiger partial charge < -0.3 is 9.84 Å². The lowest BCUT2D eigenvalue weighted by Crippen LogP contribution is -2.26. The first-order valence-electron chi connectivity index (χ1n) is 8.14. The van der Waals surface area contributed by atoms with Crippen LogP contribution in [0.1, 0.15) is 30.8 Å². The van der Waals surface area contributed by atoms with E-state index in [1.54, 1.807) is 0 Å². The van der Waals surface area contributed by atoms with E-state index in [0.29, 0.717) is 23.2 Å². The number of amides is 1. The fraction of sp³-hybridized carbons (Fsp3) is 0.211. The van der Waals surface area contributed by atoms with Crippen molar-refractivity contribution in [1.29, 1.82) is 0 Å². The third kappa shape index (κ3) is 5.04. The molecule has 1 heterocycles. The first kappa shape index (κ1) is 18.8. The Morgan fingerprint density at radius 1 is 1.19 bits per heavy atom. The zero-order chi connectivity index (χ0) is 18.5. The van der Waals surface area contributed by atoms with Crippen molar-refractivity contribution in [3.05, 3.63) is 68.6 Å². The van der Waals surface area contributed by atoms with E-state index in [-0.39, 0.29) is 18.4 Å². The summed E-state index contributed by atoms with van der Waals surface area (Å²) in [5, 5.41) is 7.61. The van der Waals surface area contributed by atoms with Crippen LogP contribution in [0.25, 0.3) is 11.4 Å². The molecule has 1 N–H and O–H groups in total. The van der Waals surface area contributed by atoms with Crippen LogP contribution < -0.4 is 5.32 Å². The van der Waals surface area contributed by atoms with E-state index in [1.165, 1.54) is 0 Å². The summed E-state index contributed by atoms with van der Waals surface area (Å²) in [6, 6.07) is 15.2. The molecule has 3 aromatic rings. The number of carbonyl (C=O) groups excluding carboxylic acids is 1. The van der Waals surface area contributed by atoms with Crippen molar-refractivity contribution in [2.24, 2.45) is 0 Å². The average molecular weight is 482 g/mol. The topological polar surface area (TPSA) is 68.0 Å². The van der Waals surface area contributed by atoms with Gasteiger partial charge in [0, 0.05) is 27.0 Å². The summed E-state index contributed by atoms with van der Waals surface area (Å²) in [5.41, 5.74) is 1.89. The van der Waals surface area contributed by atoms with E-state index in [4.69, 9.17) is 16.1 Å². The van der Waals surface area contributed by atoms with Crippen molar-refractivity contribution < 1.29 is 9.32 Å². The minimum Gasteiger partial charge on any atom is -0.350 e. The highest BCUT2D eigenvalue weighted by atomic mass is 127. The fourth-order valence-electron chi connectivity index (χ4n) is 2.44. The van der Waals surface area contributed by atoms with Gasteiger partial charge in [-0.25, -0.2) is 0 Å². The van der Waals surface area contributed by atoms with Crippen LogP contribution in [0.3, 0.4) is 0 Å². The Balaban J connectivity index is 1.53. The molecule has 0 radical (unpaired) electrons. The number of nitrogens with one attached hydrogen (secondary N) is 1. The molecule has 3 rings (SSSR count). The van der Waals surface area contributed by atoms with Crippen molar-refractivity contribution >= 4 is 40.1 Å². The molecule has 0 fully saturated rings. The van der Waals surface area contributed by atoms with Gasteiger partial charge in [-0.2, -0.15) is 4.98 Å². The van der Waals surface area contributed by atoms with Gasteiger partial charge in [0.25, 0.3) is 0 Å². The van der Waals surface area contributed by atoms with E-state index in [0.717, 1.165) is 14.7 Å². The number of aryl methyl sites for hydroxylation is 1. The van der Waals surface area contributed by atoms with E-state index in [9.17, 15) is 4.79 Å². The molecule has 1 atom stereocenters. The lowest BCUT2D eigenvalue weighted by atomic mass is 10.1. The molecule has 0 saturated heterocycles. The average Bonchev–Trinajstić information content (AvgIpc) is 3.10. The summed E-state index contributed by atoms with van der Waals surface area (Å²) >= 11 is 8.12. The molecule has 1 unspecified atom stereocenters. The van der Waals surface area contributed by atoms with Gasteiger partial charge in [0.05, 0.1) is 6.04 Å². The van der Waals surface area contributed by atoms with Crippen LogP contribution in [-0.2, 0) is 11.2 Å². The van der Waals surface area contributed by atoms with E-state index in [2.05, 4.69) is 38.0 Å². The number of carbonyl (C=O) groups is 1. The highest BCUT2D eigenvalue weighted by molar-refractivity contribution is 14.1. The zero-order valence-corrected chi connectivity index (χ0v) is 17.0. The second-order valence-electron chi connectivity index (χ2n) is 5.86. The molecule has 2 aromatic carbocycles. The number of halogens is 2. The Kier molecular flexibility index (Phi) is 6.26. The summed E-state index contributed by atoms with van der Waals surface area (Å²) in [7, 11) is 0. The monoisotopic (exact) mass is 481 g/mol. The second kappa shape index (κ2) is 8.64. The molecule has 0 aliphatic carbocycles. The molecule has 0 bridgehead atoms. The van der Waals surface area contributed by atoms with Gasteiger partial charge in [-0.15, -0.1) is 0 Å². The van der Waals surface area contributed by atoms with Crippen molar-refractivity contribution in [2.75, 3.05) is 0 Å². The lowest BCUT2D eigenvalue weighted by molar-refractivity contribution is -0.121. The van der Waals surface area contributed by atoms with Gasteiger partial charge in [0.2, 0.25) is 17.6 Å². The van der Waals surface area contributed by atoms with Crippen LogP contribution in [-0.4, -0.2) is 16.0 Å². The van der Waals surface area contributed by atoms with Crippen LogP contribution in [0.5, 0.6) is 0 Å². The number of hydrogen-bond donors (Lipinski definition) is 1. The maximum atomic E-state index is 12.2. The molecule has 7 heteroatoms. The third-order valence-electron chi connectivity index (χ3n) is 3.88. The number of benzene rings is 2. The van der Waals surface area contributed by atoms with Crippen LogP contribution in [0.4, 0.5) is 0 Å². The highest BCUT2D eigenvalue weighted by Gasteiger charge is 2.13. The van der Waals surface area contributed by atoms with Gasteiger partial charge in [-0.3, -0.25) is 4.79 Å². The quantitative estimate of drug-likeness (QED) is 0.513. The summed E-state index contributed by atoms with van der Waals surface area (Å²) in [6.07, 6.45) is 0.683. The number of rotatable bonds is 6. The Labute approximate surface area is 170 Å². The fourth-order valence-corrected chi connectivity index (χ4v) is 2.93. The van der Waals surface area contributed by atoms with E-state index in [1.807, 2.05) is 55.5 Å². The van der Waals surface area contributed by atoms with Crippen LogP contribution in [0, 0.1) is 3.57 Å². The van der Waals surface area contributed by atoms with Crippen molar-refractivity contribution in [3.8, 4) is 11.4 Å². The van der Waals surface area contributed by atoms with Crippen LogP contribution >= 0.6 is 34.2 Å². The molecule has 1 aromatic heterocycles. The van der Waals surface area contributed by atoms with Gasteiger partial charge >= 0.3 is 0 Å². The van der Waals surface area contributed by atoms with Gasteiger partial charge in [-0.1, -0.05) is 41.0 Å². The first-order valence-corrected chi connectivity index (χ1v) is 9.60. The third-order valence-corrected chi connectivity index (χ3v) is 4.86. The maximum Gasteiger partial charge on any atom is 0.227 e. The Bertz CT molecular complexity index is 879. The van der Waals surface area contributed by atoms with E-state index >= 15 is 0 Å². The minimum absolute atomic E-state index is 0.0681. The second-order valence-corrected chi connectivity index (χ2v) is 7.54. The van der Waals surface area contributed by atoms with Gasteiger partial charge in [0.15, 0.2) is 0 Å². The van der Waals surface area contributed by atoms with Crippen molar-refractivity contribution in [3.63, 3.8) is 0 Å². The largest absolute Gasteiger partial charge is 0.350 e. The molecule has 0 aliphatic heterocycles. The maximum absolute atomic E-state index is 12.2. The van der Waals surface area contributed by atoms with Crippen molar-refractivity contribution in [2.45, 2.75) is 25.8 Å². The summed E-state index contributed by atoms with van der Waals surface area (Å²) in [6.45, 7) is 1.93. The summed E-state index contributed by atoms with van der Waals surface area (Å²) in [5.74, 6) is 0.917. The predicted molar refractivity (Wildman–Crippen MR) is 109 cm³/mol. The van der Waals surface area contributed by atoms with Crippen LogP contribution in [0.2, 0.25) is 5.02 Å². The summed E-state index contributed by atoms with van der Waals surface area (Å²) in [4.78, 5) is 16.5. The highest BCUT2D eigenvalue weighted by Crippen LogP contribution is 2.18. The smallest absolute Gasteiger partial charge is 0.227 e. The standard InChI is InChI=1S/C19H17ClIN3O2/c1-12(13-2-6-15(20)7-3-13)22-17(25)10-11-18-23-19(24-26-18)14-4-8-16(21)9-5-14/h2-9,12H,10-11H2,1H3,(H,22,25). The minimum atomic E-state index is -0.0928. The molecule has 0 aliphatic rings. The first-order chi connectivity index (χ1) is 12.5. The molecule has 5 nitrogen and oxygen atoms in total. The number of nitrogens with zero attached hydrogens (tertiary/aromatic N) is 2. The Hall–Kier alpha value is -1.93.